The van der Waals surface area contributed by atoms with Crippen LogP contribution in [0.3, 0.4) is 0 Å². The molecule has 3 heteroatoms. The van der Waals surface area contributed by atoms with Crippen LogP contribution in [0.1, 0.15) is 31.4 Å². The van der Waals surface area contributed by atoms with E-state index in [1.807, 2.05) is 30.3 Å². The van der Waals surface area contributed by atoms with E-state index in [0.29, 0.717) is 6.04 Å². The Balaban J connectivity index is 2.06. The van der Waals surface area contributed by atoms with Crippen molar-refractivity contribution in [2.45, 2.75) is 31.8 Å². The SMILES string of the molecule is COC(=O)C(NC1CC(C)C1)c1ccccc1. The lowest BCUT2D eigenvalue weighted by Crippen LogP contribution is -2.44. The summed E-state index contributed by atoms with van der Waals surface area (Å²) in [6.45, 7) is 2.23. The third kappa shape index (κ3) is 2.86. The molecule has 1 fully saturated rings. The fraction of sp³-hybridized carbons (Fsp3) is 0.500. The number of nitrogens with one attached hydrogen (secondary N) is 1. The van der Waals surface area contributed by atoms with Gasteiger partial charge in [-0.1, -0.05) is 37.3 Å². The molecule has 3 nitrogen and oxygen atoms in total. The lowest BCUT2D eigenvalue weighted by atomic mass is 9.81. The third-order valence-electron chi connectivity index (χ3n) is 3.35. The van der Waals surface area contributed by atoms with Crippen molar-refractivity contribution in [2.24, 2.45) is 5.92 Å². The number of hydrogen-bond acceptors (Lipinski definition) is 3. The Labute approximate surface area is 102 Å². The fourth-order valence-electron chi connectivity index (χ4n) is 2.34. The highest BCUT2D eigenvalue weighted by Gasteiger charge is 2.31. The second-order valence-corrected chi connectivity index (χ2v) is 4.81. The maximum Gasteiger partial charge on any atom is 0.327 e. The maximum atomic E-state index is 11.8. The van der Waals surface area contributed by atoms with Crippen LogP contribution in [0.5, 0.6) is 0 Å². The molecule has 1 saturated carbocycles. The summed E-state index contributed by atoms with van der Waals surface area (Å²) in [6, 6.07) is 9.84. The average Bonchev–Trinajstić information content (AvgIpc) is 2.33. The maximum absolute atomic E-state index is 11.8. The smallest absolute Gasteiger partial charge is 0.327 e. The standard InChI is InChI=1S/C14H19NO2/c1-10-8-12(9-10)15-13(14(16)17-2)11-6-4-3-5-7-11/h3-7,10,12-13,15H,8-9H2,1-2H3. The van der Waals surface area contributed by atoms with Gasteiger partial charge in [0.1, 0.15) is 6.04 Å². The molecule has 0 aliphatic heterocycles. The minimum Gasteiger partial charge on any atom is -0.468 e. The van der Waals surface area contributed by atoms with Gasteiger partial charge in [-0.05, 0) is 24.3 Å². The first kappa shape index (κ1) is 12.1. The van der Waals surface area contributed by atoms with Gasteiger partial charge in [0.2, 0.25) is 0 Å². The molecular weight excluding hydrogens is 214 g/mol. The molecule has 2 rings (SSSR count). The lowest BCUT2D eigenvalue weighted by Gasteiger charge is -2.35. The number of carbonyl (C=O) groups is 1. The summed E-state index contributed by atoms with van der Waals surface area (Å²) < 4.78 is 4.86. The predicted molar refractivity (Wildman–Crippen MR) is 66.5 cm³/mol. The molecule has 0 aromatic heterocycles. The molecule has 0 heterocycles. The fourth-order valence-corrected chi connectivity index (χ4v) is 2.34. The van der Waals surface area contributed by atoms with Crippen molar-refractivity contribution in [2.75, 3.05) is 7.11 Å². The van der Waals surface area contributed by atoms with Crippen LogP contribution >= 0.6 is 0 Å². The molecule has 1 atom stereocenters. The van der Waals surface area contributed by atoms with Gasteiger partial charge in [-0.3, -0.25) is 5.32 Å². The minimum atomic E-state index is -0.335. The van der Waals surface area contributed by atoms with E-state index < -0.39 is 0 Å². The molecule has 92 valence electrons. The quantitative estimate of drug-likeness (QED) is 0.811. The Morgan fingerprint density at radius 1 is 1.35 bits per heavy atom. The first-order valence-corrected chi connectivity index (χ1v) is 6.09. The van der Waals surface area contributed by atoms with Gasteiger partial charge in [-0.15, -0.1) is 0 Å². The number of hydrogen-bond donors (Lipinski definition) is 1. The molecule has 0 spiro atoms. The van der Waals surface area contributed by atoms with Crippen LogP contribution in [0, 0.1) is 5.92 Å². The van der Waals surface area contributed by atoms with Crippen molar-refractivity contribution in [3.05, 3.63) is 35.9 Å². The monoisotopic (exact) mass is 233 g/mol. The Hall–Kier alpha value is -1.35. The molecule has 0 amide bonds. The predicted octanol–water partition coefficient (Wildman–Crippen LogP) is 2.29. The molecule has 1 aliphatic rings. The summed E-state index contributed by atoms with van der Waals surface area (Å²) in [4.78, 5) is 11.8. The van der Waals surface area contributed by atoms with Gasteiger partial charge >= 0.3 is 5.97 Å². The van der Waals surface area contributed by atoms with Crippen molar-refractivity contribution in [1.29, 1.82) is 0 Å². The van der Waals surface area contributed by atoms with Crippen molar-refractivity contribution in [3.63, 3.8) is 0 Å². The van der Waals surface area contributed by atoms with E-state index in [9.17, 15) is 4.79 Å². The van der Waals surface area contributed by atoms with Gasteiger partial charge in [0.15, 0.2) is 0 Å². The highest BCUT2D eigenvalue weighted by molar-refractivity contribution is 5.77. The Morgan fingerprint density at radius 3 is 2.53 bits per heavy atom. The minimum absolute atomic E-state index is 0.212. The molecule has 0 radical (unpaired) electrons. The van der Waals surface area contributed by atoms with Crippen molar-refractivity contribution in [1.82, 2.24) is 5.32 Å². The number of ether oxygens (including phenoxy) is 1. The largest absolute Gasteiger partial charge is 0.468 e. The zero-order chi connectivity index (χ0) is 12.3. The molecule has 1 unspecified atom stereocenters. The van der Waals surface area contributed by atoms with Crippen LogP contribution in [0.2, 0.25) is 0 Å². The van der Waals surface area contributed by atoms with Crippen LogP contribution in [-0.4, -0.2) is 19.1 Å². The molecule has 1 N–H and O–H groups in total. The second kappa shape index (κ2) is 5.32. The summed E-state index contributed by atoms with van der Waals surface area (Å²) >= 11 is 0. The van der Waals surface area contributed by atoms with E-state index in [0.717, 1.165) is 24.3 Å². The second-order valence-electron chi connectivity index (χ2n) is 4.81. The Bertz CT molecular complexity index is 371. The molecule has 0 saturated heterocycles. The van der Waals surface area contributed by atoms with Crippen LogP contribution in [0.15, 0.2) is 30.3 Å². The van der Waals surface area contributed by atoms with E-state index in [1.54, 1.807) is 0 Å². The van der Waals surface area contributed by atoms with Crippen LogP contribution in [0.25, 0.3) is 0 Å². The number of rotatable bonds is 4. The molecule has 0 bridgehead atoms. The highest BCUT2D eigenvalue weighted by atomic mass is 16.5. The number of benzene rings is 1. The van der Waals surface area contributed by atoms with Crippen LogP contribution < -0.4 is 5.32 Å². The van der Waals surface area contributed by atoms with Gasteiger partial charge < -0.3 is 4.74 Å². The molecule has 1 aromatic carbocycles. The molecule has 1 aromatic rings. The summed E-state index contributed by atoms with van der Waals surface area (Å²) in [5.74, 6) is 0.553. The first-order chi connectivity index (χ1) is 8.20. The van der Waals surface area contributed by atoms with Crippen LogP contribution in [0.4, 0.5) is 0 Å². The van der Waals surface area contributed by atoms with Crippen molar-refractivity contribution in [3.8, 4) is 0 Å². The normalized spacial score (nSPS) is 24.8. The zero-order valence-electron chi connectivity index (χ0n) is 10.3. The van der Waals surface area contributed by atoms with Crippen molar-refractivity contribution >= 4 is 5.97 Å². The number of carbonyl (C=O) groups excluding carboxylic acids is 1. The first-order valence-electron chi connectivity index (χ1n) is 6.09. The molecular formula is C14H19NO2. The van der Waals surface area contributed by atoms with E-state index in [2.05, 4.69) is 12.2 Å². The Kier molecular flexibility index (Phi) is 3.79. The van der Waals surface area contributed by atoms with E-state index in [1.165, 1.54) is 7.11 Å². The third-order valence-corrected chi connectivity index (χ3v) is 3.35. The highest BCUT2D eigenvalue weighted by Crippen LogP contribution is 2.29. The van der Waals surface area contributed by atoms with Gasteiger partial charge in [0.25, 0.3) is 0 Å². The Morgan fingerprint density at radius 2 is 2.00 bits per heavy atom. The summed E-state index contributed by atoms with van der Waals surface area (Å²) in [7, 11) is 1.43. The van der Waals surface area contributed by atoms with Gasteiger partial charge in [-0.25, -0.2) is 4.79 Å². The van der Waals surface area contributed by atoms with E-state index in [-0.39, 0.29) is 12.0 Å². The summed E-state index contributed by atoms with van der Waals surface area (Å²) in [5.41, 5.74) is 0.971. The zero-order valence-corrected chi connectivity index (χ0v) is 10.3. The van der Waals surface area contributed by atoms with Crippen molar-refractivity contribution < 1.29 is 9.53 Å². The topological polar surface area (TPSA) is 38.3 Å². The number of esters is 1. The lowest BCUT2D eigenvalue weighted by molar-refractivity contribution is -0.143. The van der Waals surface area contributed by atoms with Gasteiger partial charge in [-0.2, -0.15) is 0 Å². The van der Waals surface area contributed by atoms with Gasteiger partial charge in [0, 0.05) is 6.04 Å². The number of methoxy groups -OCH3 is 1. The molecule has 17 heavy (non-hydrogen) atoms. The van der Waals surface area contributed by atoms with E-state index in [4.69, 9.17) is 4.74 Å². The summed E-state index contributed by atoms with van der Waals surface area (Å²) in [5, 5.41) is 3.38. The molecule has 1 aliphatic carbocycles. The van der Waals surface area contributed by atoms with Crippen LogP contribution in [-0.2, 0) is 9.53 Å². The van der Waals surface area contributed by atoms with Gasteiger partial charge in [0.05, 0.1) is 7.11 Å². The average molecular weight is 233 g/mol. The summed E-state index contributed by atoms with van der Waals surface area (Å²) in [6.07, 6.45) is 2.28. The van der Waals surface area contributed by atoms with E-state index >= 15 is 0 Å².